The molecule has 0 aliphatic heterocycles. The summed E-state index contributed by atoms with van der Waals surface area (Å²) >= 11 is 0. The predicted molar refractivity (Wildman–Crippen MR) is 78.5 cm³/mol. The molecule has 0 aromatic heterocycles. The Bertz CT molecular complexity index is 296. The molecule has 0 radical (unpaired) electrons. The van der Waals surface area contributed by atoms with E-state index < -0.39 is 0 Å². The topological polar surface area (TPSA) is 27.3 Å². The quantitative estimate of drug-likeness (QED) is 0.518. The van der Waals surface area contributed by atoms with E-state index in [2.05, 4.69) is 66.9 Å². The molecule has 0 fully saturated rings. The Balaban J connectivity index is 2.12. The molecule has 2 N–H and O–H groups in total. The Morgan fingerprint density at radius 2 is 1.78 bits per heavy atom. The Hall–Kier alpha value is -0.900. The molecule has 0 amide bonds. The van der Waals surface area contributed by atoms with Crippen LogP contribution in [0.5, 0.6) is 0 Å². The molecule has 1 rings (SSSR count). The molecule has 0 saturated carbocycles. The maximum Gasteiger partial charge on any atom is 0.0228 e. The lowest BCUT2D eigenvalue weighted by molar-refractivity contribution is 0.290. The van der Waals surface area contributed by atoms with Gasteiger partial charge in [-0.05, 0) is 32.0 Å². The van der Waals surface area contributed by atoms with E-state index in [0.717, 1.165) is 32.6 Å². The van der Waals surface area contributed by atoms with Gasteiger partial charge in [0.05, 0.1) is 0 Å². The first-order chi connectivity index (χ1) is 8.76. The van der Waals surface area contributed by atoms with E-state index in [9.17, 15) is 0 Å². The molecule has 18 heavy (non-hydrogen) atoms. The first kappa shape index (κ1) is 15.2. The zero-order chi connectivity index (χ0) is 13.2. The third-order valence-electron chi connectivity index (χ3n) is 3.18. The van der Waals surface area contributed by atoms with Crippen LogP contribution in [0.15, 0.2) is 30.3 Å². The number of hydrogen-bond acceptors (Lipinski definition) is 3. The van der Waals surface area contributed by atoms with Crippen LogP contribution in [0.3, 0.4) is 0 Å². The van der Waals surface area contributed by atoms with Crippen LogP contribution in [0, 0.1) is 0 Å². The van der Waals surface area contributed by atoms with E-state index in [1.165, 1.54) is 5.56 Å². The smallest absolute Gasteiger partial charge is 0.0228 e. The lowest BCUT2D eigenvalue weighted by Gasteiger charge is -2.20. The summed E-state index contributed by atoms with van der Waals surface area (Å²) in [4.78, 5) is 2.41. The summed E-state index contributed by atoms with van der Waals surface area (Å²) in [6, 6.07) is 11.0. The number of nitrogens with one attached hydrogen (secondary N) is 2. The maximum atomic E-state index is 3.36. The Morgan fingerprint density at radius 1 is 1.11 bits per heavy atom. The number of hydrogen-bond donors (Lipinski definition) is 2. The zero-order valence-electron chi connectivity index (χ0n) is 11.9. The Kier molecular flexibility index (Phi) is 7.65. The minimum Gasteiger partial charge on any atom is -0.303 e. The molecule has 1 aromatic rings. The monoisotopic (exact) mass is 249 g/mol. The van der Waals surface area contributed by atoms with Crippen LogP contribution >= 0.6 is 0 Å². The van der Waals surface area contributed by atoms with Gasteiger partial charge in [-0.15, -0.1) is 0 Å². The molecule has 0 unspecified atom stereocenters. The second-order valence-corrected chi connectivity index (χ2v) is 4.69. The van der Waals surface area contributed by atoms with E-state index in [1.807, 2.05) is 0 Å². The van der Waals surface area contributed by atoms with Crippen molar-refractivity contribution >= 4 is 0 Å². The minimum absolute atomic E-state index is 0.448. The highest BCUT2D eigenvalue weighted by molar-refractivity contribution is 5.15. The van der Waals surface area contributed by atoms with E-state index in [-0.39, 0.29) is 0 Å². The first-order valence-corrected chi connectivity index (χ1v) is 7.00. The van der Waals surface area contributed by atoms with Gasteiger partial charge in [0.25, 0.3) is 0 Å². The molecule has 102 valence electrons. The summed E-state index contributed by atoms with van der Waals surface area (Å²) < 4.78 is 0. The average molecular weight is 249 g/mol. The lowest BCUT2D eigenvalue weighted by atomic mass is 10.1. The number of benzene rings is 1. The van der Waals surface area contributed by atoms with Gasteiger partial charge in [0.2, 0.25) is 0 Å². The molecule has 0 aliphatic carbocycles. The molecule has 1 aromatic carbocycles. The van der Waals surface area contributed by atoms with Crippen molar-refractivity contribution in [3.63, 3.8) is 0 Å². The molecule has 3 nitrogen and oxygen atoms in total. The van der Waals surface area contributed by atoms with E-state index >= 15 is 0 Å². The molecular formula is C15H27N3. The summed E-state index contributed by atoms with van der Waals surface area (Å²) in [6.45, 7) is 10.9. The summed E-state index contributed by atoms with van der Waals surface area (Å²) in [6.07, 6.45) is 1.05. The van der Waals surface area contributed by atoms with Gasteiger partial charge < -0.3 is 4.90 Å². The van der Waals surface area contributed by atoms with Crippen LogP contribution in [0.25, 0.3) is 0 Å². The van der Waals surface area contributed by atoms with Crippen LogP contribution in [-0.4, -0.2) is 37.1 Å². The number of likely N-dealkylation sites (N-methyl/N-ethyl adjacent to an activating group) is 1. The summed E-state index contributed by atoms with van der Waals surface area (Å²) in [5.74, 6) is 0. The van der Waals surface area contributed by atoms with Crippen molar-refractivity contribution in [1.29, 1.82) is 0 Å². The molecule has 0 spiro atoms. The van der Waals surface area contributed by atoms with E-state index in [4.69, 9.17) is 0 Å². The van der Waals surface area contributed by atoms with Crippen molar-refractivity contribution in [2.75, 3.05) is 26.2 Å². The van der Waals surface area contributed by atoms with Crippen molar-refractivity contribution in [2.24, 2.45) is 0 Å². The van der Waals surface area contributed by atoms with Crippen LogP contribution < -0.4 is 10.9 Å². The summed E-state index contributed by atoms with van der Waals surface area (Å²) in [5.41, 5.74) is 8.05. The van der Waals surface area contributed by atoms with Crippen molar-refractivity contribution in [2.45, 2.75) is 33.2 Å². The number of hydrazine groups is 1. The van der Waals surface area contributed by atoms with Gasteiger partial charge in [-0.2, -0.15) is 0 Å². The van der Waals surface area contributed by atoms with E-state index in [0.29, 0.717) is 6.04 Å². The Morgan fingerprint density at radius 3 is 2.39 bits per heavy atom. The third-order valence-corrected chi connectivity index (χ3v) is 3.18. The van der Waals surface area contributed by atoms with Crippen molar-refractivity contribution in [1.82, 2.24) is 15.8 Å². The van der Waals surface area contributed by atoms with Gasteiger partial charge in [-0.25, -0.2) is 0 Å². The fourth-order valence-electron chi connectivity index (χ4n) is 2.02. The van der Waals surface area contributed by atoms with Crippen molar-refractivity contribution < 1.29 is 0 Å². The van der Waals surface area contributed by atoms with Crippen LogP contribution in [0.1, 0.15) is 26.3 Å². The van der Waals surface area contributed by atoms with Crippen LogP contribution in [0.2, 0.25) is 0 Å². The highest BCUT2D eigenvalue weighted by atomic mass is 15.4. The standard InChI is InChI=1S/C15H27N3/c1-4-18(5-2)12-11-16-17-14(3)13-15-9-7-6-8-10-15/h6-10,14,16-17H,4-5,11-13H2,1-3H3/t14-/m0/s1. The zero-order valence-corrected chi connectivity index (χ0v) is 11.9. The summed E-state index contributed by atoms with van der Waals surface area (Å²) in [5, 5.41) is 0. The van der Waals surface area contributed by atoms with Gasteiger partial charge in [0.1, 0.15) is 0 Å². The highest BCUT2D eigenvalue weighted by Gasteiger charge is 2.02. The fourth-order valence-corrected chi connectivity index (χ4v) is 2.02. The third kappa shape index (κ3) is 6.15. The molecule has 0 bridgehead atoms. The van der Waals surface area contributed by atoms with Crippen molar-refractivity contribution in [3.05, 3.63) is 35.9 Å². The molecule has 0 heterocycles. The second-order valence-electron chi connectivity index (χ2n) is 4.69. The molecule has 0 aliphatic rings. The summed E-state index contributed by atoms with van der Waals surface area (Å²) in [7, 11) is 0. The second kappa shape index (κ2) is 9.09. The molecule has 3 heteroatoms. The largest absolute Gasteiger partial charge is 0.303 e. The minimum atomic E-state index is 0.448. The van der Waals surface area contributed by atoms with Crippen molar-refractivity contribution in [3.8, 4) is 0 Å². The highest BCUT2D eigenvalue weighted by Crippen LogP contribution is 2.01. The average Bonchev–Trinajstić information content (AvgIpc) is 2.40. The fraction of sp³-hybridized carbons (Fsp3) is 0.600. The van der Waals surface area contributed by atoms with Gasteiger partial charge in [0.15, 0.2) is 0 Å². The molecular weight excluding hydrogens is 222 g/mol. The van der Waals surface area contributed by atoms with Gasteiger partial charge in [-0.1, -0.05) is 44.2 Å². The maximum absolute atomic E-state index is 3.36. The van der Waals surface area contributed by atoms with Gasteiger partial charge >= 0.3 is 0 Å². The number of rotatable bonds is 9. The first-order valence-electron chi connectivity index (χ1n) is 7.00. The number of nitrogens with zero attached hydrogens (tertiary/aromatic N) is 1. The molecule has 0 saturated heterocycles. The van der Waals surface area contributed by atoms with Gasteiger partial charge in [0, 0.05) is 19.1 Å². The SMILES string of the molecule is CCN(CC)CCNN[C@@H](C)Cc1ccccc1. The Labute approximate surface area is 112 Å². The van der Waals surface area contributed by atoms with Gasteiger partial charge in [-0.3, -0.25) is 10.9 Å². The normalized spacial score (nSPS) is 12.9. The van der Waals surface area contributed by atoms with Crippen LogP contribution in [-0.2, 0) is 6.42 Å². The predicted octanol–water partition coefficient (Wildman–Crippen LogP) is 2.05. The molecule has 1 atom stereocenters. The lowest BCUT2D eigenvalue weighted by Crippen LogP contribution is -2.44. The van der Waals surface area contributed by atoms with Crippen LogP contribution in [0.4, 0.5) is 0 Å². The van der Waals surface area contributed by atoms with E-state index in [1.54, 1.807) is 0 Å².